The monoisotopic (exact) mass is 340 g/mol. The number of benzene rings is 2. The zero-order valence-electron chi connectivity index (χ0n) is 13.1. The first-order valence-electron chi connectivity index (χ1n) is 7.56. The highest BCUT2D eigenvalue weighted by molar-refractivity contribution is 6.30. The molecule has 0 fully saturated rings. The highest BCUT2D eigenvalue weighted by atomic mass is 35.5. The number of hydrogen-bond acceptors (Lipinski definition) is 3. The predicted molar refractivity (Wildman–Crippen MR) is 96.7 cm³/mol. The number of anilines is 2. The van der Waals surface area contributed by atoms with E-state index in [1.54, 1.807) is 35.9 Å². The maximum Gasteiger partial charge on any atom is 0.246 e. The summed E-state index contributed by atoms with van der Waals surface area (Å²) in [5.41, 5.74) is 1.62. The number of hydrogen-bond donors (Lipinski definition) is 2. The van der Waals surface area contributed by atoms with Crippen molar-refractivity contribution in [3.63, 3.8) is 0 Å². The van der Waals surface area contributed by atoms with Crippen LogP contribution in [0.5, 0.6) is 0 Å². The molecule has 1 heterocycles. The van der Waals surface area contributed by atoms with Gasteiger partial charge in [0.15, 0.2) is 0 Å². The number of nitrogens with one attached hydrogen (secondary N) is 2. The largest absolute Gasteiger partial charge is 0.357 e. The van der Waals surface area contributed by atoms with Gasteiger partial charge in [-0.1, -0.05) is 35.9 Å². The fraction of sp³-hybridized carbons (Fsp3) is 0.111. The fourth-order valence-corrected chi connectivity index (χ4v) is 2.42. The van der Waals surface area contributed by atoms with Crippen LogP contribution < -0.4 is 10.6 Å². The van der Waals surface area contributed by atoms with Crippen LogP contribution in [0.1, 0.15) is 6.92 Å². The summed E-state index contributed by atoms with van der Waals surface area (Å²) >= 11 is 5.92. The number of rotatable bonds is 5. The van der Waals surface area contributed by atoms with E-state index in [-0.39, 0.29) is 5.91 Å². The molecule has 1 atom stereocenters. The molecule has 0 aliphatic carbocycles. The lowest BCUT2D eigenvalue weighted by atomic mass is 10.2. The number of para-hydroxylation sites is 1. The molecule has 1 aromatic heterocycles. The predicted octanol–water partition coefficient (Wildman–Crippen LogP) is 3.96. The van der Waals surface area contributed by atoms with Crippen LogP contribution >= 0.6 is 11.6 Å². The maximum absolute atomic E-state index is 12.3. The molecule has 0 aliphatic heterocycles. The summed E-state index contributed by atoms with van der Waals surface area (Å²) in [6.07, 6.45) is 1.85. The van der Waals surface area contributed by atoms with E-state index in [2.05, 4.69) is 15.7 Å². The number of carbonyl (C=O) groups excluding carboxylic acids is 1. The van der Waals surface area contributed by atoms with Gasteiger partial charge in [-0.05, 0) is 37.3 Å². The molecule has 2 N–H and O–H groups in total. The molecule has 24 heavy (non-hydrogen) atoms. The van der Waals surface area contributed by atoms with Crippen molar-refractivity contribution in [2.24, 2.45) is 0 Å². The van der Waals surface area contributed by atoms with Gasteiger partial charge in [0.2, 0.25) is 5.91 Å². The highest BCUT2D eigenvalue weighted by Gasteiger charge is 2.14. The second-order valence-corrected chi connectivity index (χ2v) is 5.78. The molecule has 2 aromatic carbocycles. The summed E-state index contributed by atoms with van der Waals surface area (Å²) in [7, 11) is 0. The Bertz CT molecular complexity index is 832. The number of aromatic nitrogens is 2. The van der Waals surface area contributed by atoms with Gasteiger partial charge in [0.1, 0.15) is 11.9 Å². The summed E-state index contributed by atoms with van der Waals surface area (Å²) in [5, 5.41) is 10.9. The summed E-state index contributed by atoms with van der Waals surface area (Å²) in [4.78, 5) is 12.3. The highest BCUT2D eigenvalue weighted by Crippen LogP contribution is 2.16. The SMILES string of the molecule is C[C@H](Nc1ccn(-c2ccccc2)n1)C(=O)Nc1cccc(Cl)c1. The first kappa shape index (κ1) is 16.1. The Balaban J connectivity index is 1.63. The van der Waals surface area contributed by atoms with E-state index in [4.69, 9.17) is 11.6 Å². The molecule has 3 aromatic rings. The van der Waals surface area contributed by atoms with Crippen LogP contribution in [0.3, 0.4) is 0 Å². The molecule has 5 nitrogen and oxygen atoms in total. The van der Waals surface area contributed by atoms with E-state index in [0.717, 1.165) is 5.69 Å². The van der Waals surface area contributed by atoms with Crippen molar-refractivity contribution in [1.82, 2.24) is 9.78 Å². The third-order valence-electron chi connectivity index (χ3n) is 3.46. The van der Waals surface area contributed by atoms with Gasteiger partial charge in [-0.25, -0.2) is 4.68 Å². The lowest BCUT2D eigenvalue weighted by Crippen LogP contribution is -2.32. The Hall–Kier alpha value is -2.79. The minimum absolute atomic E-state index is 0.161. The average Bonchev–Trinajstić information content (AvgIpc) is 3.04. The van der Waals surface area contributed by atoms with E-state index in [9.17, 15) is 4.79 Å². The molecule has 0 bridgehead atoms. The number of halogens is 1. The second kappa shape index (κ2) is 7.19. The molecular weight excluding hydrogens is 324 g/mol. The van der Waals surface area contributed by atoms with Crippen molar-refractivity contribution in [3.05, 3.63) is 71.9 Å². The Kier molecular flexibility index (Phi) is 4.82. The summed E-state index contributed by atoms with van der Waals surface area (Å²) in [6.45, 7) is 1.78. The lowest BCUT2D eigenvalue weighted by Gasteiger charge is -2.13. The fourth-order valence-electron chi connectivity index (χ4n) is 2.23. The molecular formula is C18H17ClN4O. The first-order chi connectivity index (χ1) is 11.6. The van der Waals surface area contributed by atoms with Crippen molar-refractivity contribution < 1.29 is 4.79 Å². The van der Waals surface area contributed by atoms with E-state index < -0.39 is 6.04 Å². The molecule has 0 radical (unpaired) electrons. The molecule has 6 heteroatoms. The topological polar surface area (TPSA) is 59.0 Å². The molecule has 3 rings (SSSR count). The average molecular weight is 341 g/mol. The molecule has 0 spiro atoms. The van der Waals surface area contributed by atoms with E-state index in [1.165, 1.54) is 0 Å². The van der Waals surface area contributed by atoms with Crippen LogP contribution in [0.25, 0.3) is 5.69 Å². The number of carbonyl (C=O) groups is 1. The van der Waals surface area contributed by atoms with Crippen LogP contribution in [0.4, 0.5) is 11.5 Å². The van der Waals surface area contributed by atoms with Crippen LogP contribution in [0, 0.1) is 0 Å². The maximum atomic E-state index is 12.3. The molecule has 0 unspecified atom stereocenters. The van der Waals surface area contributed by atoms with Gasteiger partial charge < -0.3 is 10.6 Å². The normalized spacial score (nSPS) is 11.8. The van der Waals surface area contributed by atoms with Crippen molar-refractivity contribution in [2.75, 3.05) is 10.6 Å². The zero-order chi connectivity index (χ0) is 16.9. The van der Waals surface area contributed by atoms with Gasteiger partial charge in [0, 0.05) is 23.0 Å². The van der Waals surface area contributed by atoms with Crippen molar-refractivity contribution in [1.29, 1.82) is 0 Å². The smallest absolute Gasteiger partial charge is 0.246 e. The van der Waals surface area contributed by atoms with Gasteiger partial charge in [-0.3, -0.25) is 4.79 Å². The summed E-state index contributed by atoms with van der Waals surface area (Å²) < 4.78 is 1.75. The summed E-state index contributed by atoms with van der Waals surface area (Å²) in [5.74, 6) is 0.471. The quantitative estimate of drug-likeness (QED) is 0.739. The van der Waals surface area contributed by atoms with E-state index in [1.807, 2.05) is 42.6 Å². The van der Waals surface area contributed by atoms with Crippen molar-refractivity contribution >= 4 is 29.0 Å². The van der Waals surface area contributed by atoms with Gasteiger partial charge in [-0.2, -0.15) is 5.10 Å². The van der Waals surface area contributed by atoms with Gasteiger partial charge in [-0.15, -0.1) is 0 Å². The van der Waals surface area contributed by atoms with Crippen LogP contribution in [-0.4, -0.2) is 21.7 Å². The third kappa shape index (κ3) is 3.94. The number of nitrogens with zero attached hydrogens (tertiary/aromatic N) is 2. The molecule has 0 saturated carbocycles. The summed E-state index contributed by atoms with van der Waals surface area (Å²) in [6, 6.07) is 18.2. The number of amides is 1. The lowest BCUT2D eigenvalue weighted by molar-refractivity contribution is -0.116. The standard InChI is InChI=1S/C18H17ClN4O/c1-13(18(24)21-15-7-5-6-14(19)12-15)20-17-10-11-23(22-17)16-8-3-2-4-9-16/h2-13H,1H3,(H,20,22)(H,21,24)/t13-/m0/s1. The Morgan fingerprint density at radius 2 is 1.92 bits per heavy atom. The Labute approximate surface area is 145 Å². The first-order valence-corrected chi connectivity index (χ1v) is 7.94. The second-order valence-electron chi connectivity index (χ2n) is 5.35. The van der Waals surface area contributed by atoms with Gasteiger partial charge >= 0.3 is 0 Å². The van der Waals surface area contributed by atoms with Crippen molar-refractivity contribution in [3.8, 4) is 5.69 Å². The van der Waals surface area contributed by atoms with Crippen LogP contribution in [-0.2, 0) is 4.79 Å². The van der Waals surface area contributed by atoms with Crippen molar-refractivity contribution in [2.45, 2.75) is 13.0 Å². The Morgan fingerprint density at radius 3 is 2.67 bits per heavy atom. The zero-order valence-corrected chi connectivity index (χ0v) is 13.9. The van der Waals surface area contributed by atoms with E-state index >= 15 is 0 Å². The molecule has 0 saturated heterocycles. The molecule has 122 valence electrons. The minimum atomic E-state index is -0.442. The Morgan fingerprint density at radius 1 is 1.12 bits per heavy atom. The minimum Gasteiger partial charge on any atom is -0.357 e. The van der Waals surface area contributed by atoms with Crippen LogP contribution in [0.15, 0.2) is 66.9 Å². The van der Waals surface area contributed by atoms with Gasteiger partial charge in [0.05, 0.1) is 5.69 Å². The molecule has 0 aliphatic rings. The molecule has 1 amide bonds. The van der Waals surface area contributed by atoms with Crippen LogP contribution in [0.2, 0.25) is 5.02 Å². The third-order valence-corrected chi connectivity index (χ3v) is 3.69. The van der Waals surface area contributed by atoms with Gasteiger partial charge in [0.25, 0.3) is 0 Å². The van der Waals surface area contributed by atoms with E-state index in [0.29, 0.717) is 16.5 Å².